The number of halogens is 1. The van der Waals surface area contributed by atoms with Crippen molar-refractivity contribution < 1.29 is 0 Å². The molecule has 1 aliphatic rings. The Balaban J connectivity index is 1.95. The molecule has 7 heteroatoms. The Morgan fingerprint density at radius 2 is 2.47 bits per heavy atom. The van der Waals surface area contributed by atoms with E-state index in [2.05, 4.69) is 47.9 Å². The van der Waals surface area contributed by atoms with Crippen LogP contribution in [0.3, 0.4) is 0 Å². The SMILES string of the molecule is ISn1ccc2c(NC3CCNC3)ncnc21. The van der Waals surface area contributed by atoms with Gasteiger partial charge in [-0.05, 0) is 19.0 Å². The fourth-order valence-corrected chi connectivity index (χ4v) is 3.34. The van der Waals surface area contributed by atoms with E-state index < -0.39 is 0 Å². The highest BCUT2D eigenvalue weighted by Gasteiger charge is 2.16. The third-order valence-electron chi connectivity index (χ3n) is 2.92. The summed E-state index contributed by atoms with van der Waals surface area (Å²) in [6.45, 7) is 2.09. The molecule has 0 aromatic carbocycles. The Bertz CT molecular complexity index is 522. The molecule has 1 unspecified atom stereocenters. The molecule has 2 aromatic rings. The highest BCUT2D eigenvalue weighted by Crippen LogP contribution is 2.27. The summed E-state index contributed by atoms with van der Waals surface area (Å²) in [6, 6.07) is 2.54. The largest absolute Gasteiger partial charge is 0.365 e. The molecule has 5 nitrogen and oxygen atoms in total. The van der Waals surface area contributed by atoms with Gasteiger partial charge in [0.25, 0.3) is 0 Å². The predicted octanol–water partition coefficient (Wildman–Crippen LogP) is 2.05. The standard InChI is InChI=1S/C10H12IN5S/c11-17-16-4-2-8-9(13-6-14-10(8)16)15-7-1-3-12-5-7/h2,4,6-7,12H,1,3,5H2,(H,13,14,15). The molecule has 1 aliphatic heterocycles. The van der Waals surface area contributed by atoms with Crippen LogP contribution in [0.2, 0.25) is 0 Å². The molecule has 0 saturated carbocycles. The summed E-state index contributed by atoms with van der Waals surface area (Å²) in [5.74, 6) is 0.938. The molecule has 2 aromatic heterocycles. The van der Waals surface area contributed by atoms with Crippen LogP contribution in [0.15, 0.2) is 18.6 Å². The van der Waals surface area contributed by atoms with Gasteiger partial charge in [0.1, 0.15) is 12.1 Å². The molecule has 3 heterocycles. The first kappa shape index (κ1) is 11.5. The van der Waals surface area contributed by atoms with Gasteiger partial charge in [0.05, 0.1) is 5.39 Å². The van der Waals surface area contributed by atoms with Gasteiger partial charge in [0.2, 0.25) is 0 Å². The maximum atomic E-state index is 4.34. The van der Waals surface area contributed by atoms with Crippen molar-refractivity contribution in [1.82, 2.24) is 19.3 Å². The Morgan fingerprint density at radius 1 is 1.53 bits per heavy atom. The van der Waals surface area contributed by atoms with Crippen molar-refractivity contribution in [2.24, 2.45) is 0 Å². The normalized spacial score (nSPS) is 19.9. The zero-order chi connectivity index (χ0) is 11.7. The van der Waals surface area contributed by atoms with Crippen LogP contribution in [0.25, 0.3) is 11.0 Å². The fraction of sp³-hybridized carbons (Fsp3) is 0.400. The van der Waals surface area contributed by atoms with E-state index >= 15 is 0 Å². The third kappa shape index (κ3) is 2.23. The molecule has 0 aliphatic carbocycles. The van der Waals surface area contributed by atoms with Crippen LogP contribution in [0.1, 0.15) is 6.42 Å². The van der Waals surface area contributed by atoms with E-state index in [9.17, 15) is 0 Å². The van der Waals surface area contributed by atoms with E-state index in [1.54, 1.807) is 15.4 Å². The van der Waals surface area contributed by atoms with Gasteiger partial charge in [-0.2, -0.15) is 0 Å². The van der Waals surface area contributed by atoms with Crippen LogP contribution in [-0.4, -0.2) is 33.1 Å². The van der Waals surface area contributed by atoms with E-state index in [4.69, 9.17) is 0 Å². The minimum Gasteiger partial charge on any atom is -0.365 e. The van der Waals surface area contributed by atoms with Crippen molar-refractivity contribution in [2.75, 3.05) is 18.4 Å². The van der Waals surface area contributed by atoms with E-state index in [0.717, 1.165) is 36.4 Å². The molecule has 0 spiro atoms. The van der Waals surface area contributed by atoms with Crippen molar-refractivity contribution in [3.05, 3.63) is 18.6 Å². The lowest BCUT2D eigenvalue weighted by Gasteiger charge is -2.12. The second-order valence-corrected chi connectivity index (χ2v) is 5.72. The zero-order valence-electron chi connectivity index (χ0n) is 9.06. The van der Waals surface area contributed by atoms with Crippen molar-refractivity contribution in [2.45, 2.75) is 12.5 Å². The van der Waals surface area contributed by atoms with Gasteiger partial charge < -0.3 is 10.6 Å². The number of hydrogen-bond donors (Lipinski definition) is 2. The van der Waals surface area contributed by atoms with Crippen LogP contribution >= 0.6 is 30.3 Å². The summed E-state index contributed by atoms with van der Waals surface area (Å²) in [4.78, 5) is 8.66. The molecule has 3 rings (SSSR count). The van der Waals surface area contributed by atoms with Gasteiger partial charge in [0.15, 0.2) is 5.65 Å². The maximum Gasteiger partial charge on any atom is 0.156 e. The number of aromatic nitrogens is 3. The Labute approximate surface area is 115 Å². The first-order valence-electron chi connectivity index (χ1n) is 5.47. The molecular formula is C10H12IN5S. The van der Waals surface area contributed by atoms with Gasteiger partial charge in [0, 0.05) is 49.1 Å². The van der Waals surface area contributed by atoms with Crippen molar-refractivity contribution in [3.63, 3.8) is 0 Å². The summed E-state index contributed by atoms with van der Waals surface area (Å²) in [5.41, 5.74) is 0.966. The minimum absolute atomic E-state index is 0.476. The van der Waals surface area contributed by atoms with Gasteiger partial charge in [-0.25, -0.2) is 9.97 Å². The Hall–Kier alpha value is -0.540. The molecule has 1 fully saturated rings. The van der Waals surface area contributed by atoms with Crippen LogP contribution in [0, 0.1) is 0 Å². The highest BCUT2D eigenvalue weighted by molar-refractivity contribution is 14.2. The summed E-state index contributed by atoms with van der Waals surface area (Å²) in [6.07, 6.45) is 4.79. The summed E-state index contributed by atoms with van der Waals surface area (Å²) in [7, 11) is 1.61. The van der Waals surface area contributed by atoms with Crippen LogP contribution in [0.4, 0.5) is 5.82 Å². The summed E-state index contributed by atoms with van der Waals surface area (Å²) < 4.78 is 2.04. The van der Waals surface area contributed by atoms with Gasteiger partial charge in [-0.15, -0.1) is 0 Å². The fourth-order valence-electron chi connectivity index (χ4n) is 2.07. The quantitative estimate of drug-likeness (QED) is 0.820. The molecule has 0 amide bonds. The number of anilines is 1. The van der Waals surface area contributed by atoms with E-state index in [1.165, 1.54) is 0 Å². The maximum absolute atomic E-state index is 4.34. The van der Waals surface area contributed by atoms with E-state index in [1.807, 2.05) is 10.2 Å². The molecule has 1 saturated heterocycles. The predicted molar refractivity (Wildman–Crippen MR) is 79.4 cm³/mol. The van der Waals surface area contributed by atoms with Crippen molar-refractivity contribution in [3.8, 4) is 0 Å². The van der Waals surface area contributed by atoms with Gasteiger partial charge in [-0.1, -0.05) is 0 Å². The number of nitrogens with one attached hydrogen (secondary N) is 2. The average Bonchev–Trinajstić information content (AvgIpc) is 2.97. The third-order valence-corrected chi connectivity index (χ3v) is 4.64. The summed E-state index contributed by atoms with van der Waals surface area (Å²) >= 11 is 2.25. The van der Waals surface area contributed by atoms with E-state index in [-0.39, 0.29) is 0 Å². The second-order valence-electron chi connectivity index (χ2n) is 4.00. The smallest absolute Gasteiger partial charge is 0.156 e. The lowest BCUT2D eigenvalue weighted by molar-refractivity contribution is 0.789. The molecule has 17 heavy (non-hydrogen) atoms. The van der Waals surface area contributed by atoms with Crippen LogP contribution < -0.4 is 10.6 Å². The summed E-state index contributed by atoms with van der Waals surface area (Å²) in [5, 5.41) is 7.91. The number of hydrogen-bond acceptors (Lipinski definition) is 5. The van der Waals surface area contributed by atoms with Crippen LogP contribution in [0.5, 0.6) is 0 Å². The Morgan fingerprint density at radius 3 is 3.24 bits per heavy atom. The molecule has 2 N–H and O–H groups in total. The molecule has 0 bridgehead atoms. The average molecular weight is 361 g/mol. The topological polar surface area (TPSA) is 54.8 Å². The van der Waals surface area contributed by atoms with Gasteiger partial charge in [-0.3, -0.25) is 3.97 Å². The highest BCUT2D eigenvalue weighted by atomic mass is 127. The van der Waals surface area contributed by atoms with Crippen LogP contribution in [-0.2, 0) is 0 Å². The number of nitrogens with zero attached hydrogens (tertiary/aromatic N) is 3. The molecule has 1 atom stereocenters. The monoisotopic (exact) mass is 361 g/mol. The lowest BCUT2D eigenvalue weighted by atomic mass is 10.2. The van der Waals surface area contributed by atoms with Crippen molar-refractivity contribution in [1.29, 1.82) is 0 Å². The van der Waals surface area contributed by atoms with Gasteiger partial charge >= 0.3 is 0 Å². The van der Waals surface area contributed by atoms with Crippen molar-refractivity contribution >= 4 is 47.2 Å². The number of fused-ring (bicyclic) bond motifs is 1. The van der Waals surface area contributed by atoms with E-state index in [0.29, 0.717) is 6.04 Å². The molecule has 0 radical (unpaired) electrons. The molecular weight excluding hydrogens is 349 g/mol. The Kier molecular flexibility index (Phi) is 3.39. The first-order chi connectivity index (χ1) is 8.38. The zero-order valence-corrected chi connectivity index (χ0v) is 12.0. The minimum atomic E-state index is 0.476. The molecule has 90 valence electrons. The second kappa shape index (κ2) is 4.99. The lowest BCUT2D eigenvalue weighted by Crippen LogP contribution is -2.22. The first-order valence-corrected chi connectivity index (χ1v) is 8.78. The number of rotatable bonds is 3.